The van der Waals surface area contributed by atoms with Crippen LogP contribution in [0.4, 0.5) is 0 Å². The standard InChI is InChI=1S/C14H16N2O2/c1-9-7-15(9)13(17)11-3-5-12(6-4-11)14(18)16-8-10(16)2/h3-6,9-10H,7-8H2,1-2H3/t9-,10-,15?,16?/m0/s1. The molecule has 2 aliphatic heterocycles. The van der Waals surface area contributed by atoms with Gasteiger partial charge in [-0.15, -0.1) is 0 Å². The summed E-state index contributed by atoms with van der Waals surface area (Å²) in [5.41, 5.74) is 1.32. The van der Waals surface area contributed by atoms with Crippen LogP contribution in [0, 0.1) is 0 Å². The van der Waals surface area contributed by atoms with Gasteiger partial charge in [-0.25, -0.2) is 0 Å². The van der Waals surface area contributed by atoms with Gasteiger partial charge < -0.3 is 9.80 Å². The molecule has 0 bridgehead atoms. The highest BCUT2D eigenvalue weighted by Crippen LogP contribution is 2.22. The second-order valence-corrected chi connectivity index (χ2v) is 5.19. The zero-order valence-electron chi connectivity index (χ0n) is 10.6. The minimum atomic E-state index is 0.0570. The second-order valence-electron chi connectivity index (χ2n) is 5.19. The van der Waals surface area contributed by atoms with Crippen LogP contribution in [0.5, 0.6) is 0 Å². The summed E-state index contributed by atoms with van der Waals surface area (Å²) in [4.78, 5) is 27.5. The number of carbonyl (C=O) groups excluding carboxylic acids is 2. The molecule has 3 rings (SSSR count). The van der Waals surface area contributed by atoms with E-state index in [9.17, 15) is 9.59 Å². The molecule has 2 fully saturated rings. The minimum Gasteiger partial charge on any atom is -0.332 e. The first-order valence-electron chi connectivity index (χ1n) is 6.30. The van der Waals surface area contributed by atoms with Crippen LogP contribution in [-0.2, 0) is 0 Å². The minimum absolute atomic E-state index is 0.0570. The number of rotatable bonds is 2. The van der Waals surface area contributed by atoms with Crippen LogP contribution in [0.1, 0.15) is 34.6 Å². The van der Waals surface area contributed by atoms with Gasteiger partial charge >= 0.3 is 0 Å². The molecule has 0 saturated carbocycles. The third-order valence-corrected chi connectivity index (χ3v) is 3.62. The Morgan fingerprint density at radius 1 is 0.889 bits per heavy atom. The fourth-order valence-corrected chi connectivity index (χ4v) is 2.13. The van der Waals surface area contributed by atoms with Crippen molar-refractivity contribution in [3.05, 3.63) is 35.4 Å². The van der Waals surface area contributed by atoms with Gasteiger partial charge in [0.1, 0.15) is 0 Å². The molecule has 2 amide bonds. The van der Waals surface area contributed by atoms with Crippen molar-refractivity contribution < 1.29 is 9.59 Å². The van der Waals surface area contributed by atoms with Gasteiger partial charge in [-0.2, -0.15) is 0 Å². The summed E-state index contributed by atoms with van der Waals surface area (Å²) in [7, 11) is 0. The zero-order valence-corrected chi connectivity index (χ0v) is 10.6. The van der Waals surface area contributed by atoms with Crippen molar-refractivity contribution in [3.63, 3.8) is 0 Å². The van der Waals surface area contributed by atoms with Gasteiger partial charge in [0, 0.05) is 36.3 Å². The quantitative estimate of drug-likeness (QED) is 0.737. The summed E-state index contributed by atoms with van der Waals surface area (Å²) in [6.45, 7) is 5.73. The van der Waals surface area contributed by atoms with Gasteiger partial charge in [-0.05, 0) is 38.1 Å². The lowest BCUT2D eigenvalue weighted by molar-refractivity contribution is 0.0864. The normalized spacial score (nSPS) is 25.0. The smallest absolute Gasteiger partial charge is 0.254 e. The Labute approximate surface area is 106 Å². The first-order chi connectivity index (χ1) is 8.58. The molecule has 94 valence electrons. The van der Waals surface area contributed by atoms with Gasteiger partial charge in [-0.1, -0.05) is 0 Å². The molecule has 4 heteroatoms. The largest absolute Gasteiger partial charge is 0.332 e. The first-order valence-corrected chi connectivity index (χ1v) is 6.30. The van der Waals surface area contributed by atoms with Crippen LogP contribution in [-0.4, -0.2) is 46.8 Å². The van der Waals surface area contributed by atoms with Crippen LogP contribution in [0.2, 0.25) is 0 Å². The molecule has 1 aromatic rings. The van der Waals surface area contributed by atoms with Crippen LogP contribution in [0.15, 0.2) is 24.3 Å². The number of hydrogen-bond acceptors (Lipinski definition) is 2. The lowest BCUT2D eigenvalue weighted by Crippen LogP contribution is -2.15. The maximum absolute atomic E-state index is 11.9. The average Bonchev–Trinajstić information content (AvgIpc) is 3.27. The van der Waals surface area contributed by atoms with Gasteiger partial charge in [0.15, 0.2) is 0 Å². The van der Waals surface area contributed by atoms with Gasteiger partial charge in [-0.3, -0.25) is 9.59 Å². The summed E-state index contributed by atoms with van der Waals surface area (Å²) in [6, 6.07) is 7.70. The molecular formula is C14H16N2O2. The number of amides is 2. The molecule has 0 aromatic heterocycles. The molecule has 1 aromatic carbocycles. The van der Waals surface area contributed by atoms with Crippen LogP contribution in [0.3, 0.4) is 0 Å². The zero-order chi connectivity index (χ0) is 12.9. The van der Waals surface area contributed by atoms with Crippen molar-refractivity contribution in [3.8, 4) is 0 Å². The molecule has 18 heavy (non-hydrogen) atoms. The Morgan fingerprint density at radius 3 is 1.39 bits per heavy atom. The van der Waals surface area contributed by atoms with Crippen molar-refractivity contribution in [1.82, 2.24) is 9.80 Å². The molecule has 2 heterocycles. The molecule has 0 radical (unpaired) electrons. The van der Waals surface area contributed by atoms with E-state index in [1.807, 2.05) is 23.6 Å². The number of hydrogen-bond donors (Lipinski definition) is 0. The maximum atomic E-state index is 11.9. The average molecular weight is 244 g/mol. The highest BCUT2D eigenvalue weighted by molar-refractivity contribution is 5.99. The van der Waals surface area contributed by atoms with Gasteiger partial charge in [0.2, 0.25) is 0 Å². The van der Waals surface area contributed by atoms with Crippen LogP contribution < -0.4 is 0 Å². The second kappa shape index (κ2) is 3.83. The van der Waals surface area contributed by atoms with Crippen molar-refractivity contribution in [2.45, 2.75) is 25.9 Å². The molecule has 2 atom stereocenters. The van der Waals surface area contributed by atoms with E-state index < -0.39 is 0 Å². The number of benzene rings is 1. The summed E-state index contributed by atoms with van der Waals surface area (Å²) >= 11 is 0. The molecule has 2 aliphatic rings. The Hall–Kier alpha value is -1.84. The van der Waals surface area contributed by atoms with E-state index in [4.69, 9.17) is 0 Å². The summed E-state index contributed by atoms with van der Waals surface area (Å²) < 4.78 is 0. The van der Waals surface area contributed by atoms with E-state index in [2.05, 4.69) is 0 Å². The number of nitrogens with zero attached hydrogens (tertiary/aromatic N) is 2. The van der Waals surface area contributed by atoms with Crippen LogP contribution in [0.25, 0.3) is 0 Å². The first kappa shape index (κ1) is 11.3. The molecule has 2 saturated heterocycles. The third kappa shape index (κ3) is 1.88. The van der Waals surface area contributed by atoms with E-state index in [-0.39, 0.29) is 11.8 Å². The van der Waals surface area contributed by atoms with Crippen molar-refractivity contribution >= 4 is 11.8 Å². The topological polar surface area (TPSA) is 40.2 Å². The van der Waals surface area contributed by atoms with E-state index in [0.717, 1.165) is 13.1 Å². The molecule has 0 aliphatic carbocycles. The lowest BCUT2D eigenvalue weighted by Gasteiger charge is -2.05. The van der Waals surface area contributed by atoms with E-state index >= 15 is 0 Å². The molecule has 0 N–H and O–H groups in total. The summed E-state index contributed by atoms with van der Waals surface area (Å²) in [6.07, 6.45) is 0. The Balaban J connectivity index is 1.73. The highest BCUT2D eigenvalue weighted by atomic mass is 16.2. The van der Waals surface area contributed by atoms with Gasteiger partial charge in [0.05, 0.1) is 0 Å². The molecular weight excluding hydrogens is 228 g/mol. The lowest BCUT2D eigenvalue weighted by atomic mass is 10.1. The molecule has 0 spiro atoms. The Morgan fingerprint density at radius 2 is 1.17 bits per heavy atom. The summed E-state index contributed by atoms with van der Waals surface area (Å²) in [5.74, 6) is 0.114. The fourth-order valence-electron chi connectivity index (χ4n) is 2.13. The third-order valence-electron chi connectivity index (χ3n) is 3.62. The number of carbonyl (C=O) groups is 2. The molecule has 0 unspecified atom stereocenters. The fraction of sp³-hybridized carbons (Fsp3) is 0.429. The Kier molecular flexibility index (Phi) is 2.40. The van der Waals surface area contributed by atoms with Gasteiger partial charge in [0.25, 0.3) is 11.8 Å². The monoisotopic (exact) mass is 244 g/mol. The Bertz CT molecular complexity index is 462. The highest BCUT2D eigenvalue weighted by Gasteiger charge is 2.36. The predicted molar refractivity (Wildman–Crippen MR) is 67.4 cm³/mol. The van der Waals surface area contributed by atoms with E-state index in [0.29, 0.717) is 23.2 Å². The van der Waals surface area contributed by atoms with Crippen molar-refractivity contribution in [2.75, 3.05) is 13.1 Å². The van der Waals surface area contributed by atoms with Crippen molar-refractivity contribution in [2.24, 2.45) is 0 Å². The predicted octanol–water partition coefficient (Wildman–Crippen LogP) is 1.38. The molecule has 4 nitrogen and oxygen atoms in total. The summed E-state index contributed by atoms with van der Waals surface area (Å²) in [5, 5.41) is 0. The van der Waals surface area contributed by atoms with Crippen molar-refractivity contribution in [1.29, 1.82) is 0 Å². The van der Waals surface area contributed by atoms with Crippen LogP contribution >= 0.6 is 0 Å². The SMILES string of the molecule is C[C@H]1CN1C(=O)c1ccc(C(=O)N2C[C@@H]2C)cc1. The van der Waals surface area contributed by atoms with E-state index in [1.54, 1.807) is 24.3 Å². The maximum Gasteiger partial charge on any atom is 0.254 e. The van der Waals surface area contributed by atoms with E-state index in [1.165, 1.54) is 0 Å².